The third-order valence-corrected chi connectivity index (χ3v) is 4.20. The first-order chi connectivity index (χ1) is 9.82. The number of aromatic nitrogens is 1. The highest BCUT2D eigenvalue weighted by molar-refractivity contribution is 14.1. The maximum absolute atomic E-state index is 14.5. The number of carbonyl (C=O) groups is 1. The molecule has 0 saturated heterocycles. The van der Waals surface area contributed by atoms with Gasteiger partial charge in [-0.25, -0.2) is 4.39 Å². The Labute approximate surface area is 148 Å². The van der Waals surface area contributed by atoms with Crippen LogP contribution < -0.4 is 10.6 Å². The van der Waals surface area contributed by atoms with Gasteiger partial charge in [0.2, 0.25) is 0 Å². The van der Waals surface area contributed by atoms with Crippen molar-refractivity contribution in [3.8, 4) is 0 Å². The van der Waals surface area contributed by atoms with Crippen molar-refractivity contribution in [3.63, 3.8) is 0 Å². The number of hydrogen-bond donors (Lipinski definition) is 2. The van der Waals surface area contributed by atoms with Crippen molar-refractivity contribution >= 4 is 56.0 Å². The molecule has 0 aliphatic carbocycles. The van der Waals surface area contributed by atoms with Gasteiger partial charge in [-0.15, -0.1) is 0 Å². The van der Waals surface area contributed by atoms with Gasteiger partial charge in [0.25, 0.3) is 11.7 Å². The van der Waals surface area contributed by atoms with Gasteiger partial charge in [0.15, 0.2) is 0 Å². The fraction of sp³-hybridized carbons (Fsp3) is 0.231. The lowest BCUT2D eigenvalue weighted by molar-refractivity contribution is -0.131. The molecular formula is C13H11BrClFIN3O. The Morgan fingerprint density at radius 1 is 1.67 bits per heavy atom. The molecule has 1 aromatic heterocycles. The number of rotatable bonds is 3. The maximum atomic E-state index is 14.5. The highest BCUT2D eigenvalue weighted by atomic mass is 127. The van der Waals surface area contributed by atoms with Crippen LogP contribution in [0.2, 0.25) is 5.02 Å². The lowest BCUT2D eigenvalue weighted by Gasteiger charge is -2.26. The van der Waals surface area contributed by atoms with E-state index in [-0.39, 0.29) is 0 Å². The fourth-order valence-electron chi connectivity index (χ4n) is 1.77. The zero-order valence-electron chi connectivity index (χ0n) is 10.8. The Morgan fingerprint density at radius 2 is 2.38 bits per heavy atom. The van der Waals surface area contributed by atoms with E-state index in [1.54, 1.807) is 25.3 Å². The predicted octanol–water partition coefficient (Wildman–Crippen LogP) is 3.78. The van der Waals surface area contributed by atoms with E-state index < -0.39 is 17.7 Å². The summed E-state index contributed by atoms with van der Waals surface area (Å²) in [6.45, 7) is 1.69. The summed E-state index contributed by atoms with van der Waals surface area (Å²) in [5, 5.41) is 5.37. The monoisotopic (exact) mass is 485 g/mol. The molecule has 0 radical (unpaired) electrons. The molecule has 112 valence electrons. The molecule has 1 amide bonds. The summed E-state index contributed by atoms with van der Waals surface area (Å²) >= 11 is 11.3. The van der Waals surface area contributed by atoms with Gasteiger partial charge in [0.05, 0.1) is 16.8 Å². The lowest BCUT2D eigenvalue weighted by atomic mass is 10.1. The van der Waals surface area contributed by atoms with E-state index in [2.05, 4.69) is 31.5 Å². The Morgan fingerprint density at radius 3 is 3.00 bits per heavy atom. The molecule has 0 saturated carbocycles. The lowest BCUT2D eigenvalue weighted by Crippen LogP contribution is -2.52. The summed E-state index contributed by atoms with van der Waals surface area (Å²) in [6, 6.07) is 1.15. The molecule has 2 unspecified atom stereocenters. The molecule has 1 aliphatic rings. The average molecular weight is 487 g/mol. The first-order valence-electron chi connectivity index (χ1n) is 5.95. The number of dihydropyridines is 1. The minimum absolute atomic E-state index is 0.395. The van der Waals surface area contributed by atoms with E-state index in [0.29, 0.717) is 14.3 Å². The molecule has 2 heterocycles. The summed E-state index contributed by atoms with van der Waals surface area (Å²) in [7, 11) is 0. The van der Waals surface area contributed by atoms with Gasteiger partial charge in [0, 0.05) is 20.4 Å². The number of nitrogens with one attached hydrogen (secondary N) is 2. The molecule has 0 fully saturated rings. The van der Waals surface area contributed by atoms with E-state index in [0.717, 1.165) is 4.47 Å². The van der Waals surface area contributed by atoms with Gasteiger partial charge in [-0.05, 0) is 63.7 Å². The molecule has 2 N–H and O–H groups in total. The normalized spacial score (nSPS) is 22.2. The largest absolute Gasteiger partial charge is 0.349 e. The summed E-state index contributed by atoms with van der Waals surface area (Å²) in [6.07, 6.45) is 5.85. The number of halogens is 4. The van der Waals surface area contributed by atoms with Crippen molar-refractivity contribution in [2.24, 2.45) is 0 Å². The van der Waals surface area contributed by atoms with Crippen molar-refractivity contribution in [2.75, 3.05) is 0 Å². The molecule has 0 bridgehead atoms. The first-order valence-corrected chi connectivity index (χ1v) is 8.20. The van der Waals surface area contributed by atoms with Gasteiger partial charge < -0.3 is 10.6 Å². The highest BCUT2D eigenvalue weighted by Gasteiger charge is 2.37. The molecule has 1 aromatic rings. The number of allylic oxidation sites excluding steroid dienone is 2. The van der Waals surface area contributed by atoms with E-state index in [1.165, 1.54) is 12.3 Å². The third kappa shape index (κ3) is 3.95. The minimum Gasteiger partial charge on any atom is -0.349 e. The Kier molecular flexibility index (Phi) is 5.26. The number of hydrogen-bond acceptors (Lipinski definition) is 3. The second kappa shape index (κ2) is 6.62. The van der Waals surface area contributed by atoms with Crippen LogP contribution >= 0.6 is 50.1 Å². The van der Waals surface area contributed by atoms with Crippen molar-refractivity contribution < 1.29 is 9.18 Å². The number of amides is 1. The predicted molar refractivity (Wildman–Crippen MR) is 91.7 cm³/mol. The molecule has 2 atom stereocenters. The van der Waals surface area contributed by atoms with E-state index in [1.807, 2.05) is 22.6 Å². The number of carbonyl (C=O) groups excluding carboxylic acids is 1. The zero-order valence-corrected chi connectivity index (χ0v) is 15.3. The minimum atomic E-state index is -2.28. The molecule has 8 heteroatoms. The van der Waals surface area contributed by atoms with Crippen molar-refractivity contribution in [3.05, 3.63) is 49.4 Å². The SMILES string of the molecule is CC(NC(=O)C1(F)C=C(I)C=CN1)c1ncc(Br)cc1Cl. The Balaban J connectivity index is 2.14. The van der Waals surface area contributed by atoms with Gasteiger partial charge in [-0.2, -0.15) is 0 Å². The summed E-state index contributed by atoms with van der Waals surface area (Å²) in [5.41, 5.74) is 0.474. The first kappa shape index (κ1) is 16.7. The van der Waals surface area contributed by atoms with Gasteiger partial charge >= 0.3 is 0 Å². The van der Waals surface area contributed by atoms with Crippen LogP contribution in [0.5, 0.6) is 0 Å². The van der Waals surface area contributed by atoms with Crippen LogP contribution in [-0.4, -0.2) is 16.7 Å². The van der Waals surface area contributed by atoms with Crippen LogP contribution in [0, 0.1) is 0 Å². The zero-order chi connectivity index (χ0) is 15.6. The van der Waals surface area contributed by atoms with Crippen LogP contribution in [-0.2, 0) is 4.79 Å². The van der Waals surface area contributed by atoms with Crippen LogP contribution in [0.1, 0.15) is 18.7 Å². The standard InChI is InChI=1S/C13H11BrClFIN3O/c1-7(11-10(15)4-8(14)6-18-11)20-12(21)13(16)5-9(17)2-3-19-13/h2-7,19H,1H3,(H,20,21). The van der Waals surface area contributed by atoms with Gasteiger partial charge in [-0.3, -0.25) is 9.78 Å². The van der Waals surface area contributed by atoms with Crippen molar-refractivity contribution in [1.29, 1.82) is 0 Å². The van der Waals surface area contributed by atoms with E-state index in [4.69, 9.17) is 11.6 Å². The van der Waals surface area contributed by atoms with Crippen LogP contribution in [0.4, 0.5) is 4.39 Å². The van der Waals surface area contributed by atoms with Gasteiger partial charge in [-0.1, -0.05) is 11.6 Å². The van der Waals surface area contributed by atoms with Crippen LogP contribution in [0.3, 0.4) is 0 Å². The molecule has 21 heavy (non-hydrogen) atoms. The molecule has 0 spiro atoms. The Bertz CT molecular complexity index is 640. The quantitative estimate of drug-likeness (QED) is 0.505. The van der Waals surface area contributed by atoms with Crippen molar-refractivity contribution in [1.82, 2.24) is 15.6 Å². The van der Waals surface area contributed by atoms with E-state index >= 15 is 0 Å². The Hall–Kier alpha value is -0.670. The van der Waals surface area contributed by atoms with E-state index in [9.17, 15) is 9.18 Å². The average Bonchev–Trinajstić information content (AvgIpc) is 2.37. The fourth-order valence-corrected chi connectivity index (χ4v) is 3.17. The third-order valence-electron chi connectivity index (χ3n) is 2.80. The molecule has 0 aromatic carbocycles. The summed E-state index contributed by atoms with van der Waals surface area (Å²) < 4.78 is 15.9. The topological polar surface area (TPSA) is 54.0 Å². The maximum Gasteiger partial charge on any atom is 0.283 e. The smallest absolute Gasteiger partial charge is 0.283 e. The number of pyridine rings is 1. The summed E-state index contributed by atoms with van der Waals surface area (Å²) in [4.78, 5) is 16.3. The number of alkyl halides is 1. The highest BCUT2D eigenvalue weighted by Crippen LogP contribution is 2.26. The molecule has 2 rings (SSSR count). The van der Waals surface area contributed by atoms with Crippen LogP contribution in [0.25, 0.3) is 0 Å². The molecule has 1 aliphatic heterocycles. The second-order valence-corrected chi connectivity index (χ2v) is 7.00. The van der Waals surface area contributed by atoms with Crippen molar-refractivity contribution in [2.45, 2.75) is 18.8 Å². The molecule has 4 nitrogen and oxygen atoms in total. The second-order valence-electron chi connectivity index (χ2n) is 4.43. The number of nitrogens with zero attached hydrogens (tertiary/aromatic N) is 1. The molecular weight excluding hydrogens is 475 g/mol. The van der Waals surface area contributed by atoms with Crippen LogP contribution in [0.15, 0.2) is 38.7 Å². The van der Waals surface area contributed by atoms with Gasteiger partial charge in [0.1, 0.15) is 0 Å². The summed E-state index contributed by atoms with van der Waals surface area (Å²) in [5.74, 6) is -3.07.